The van der Waals surface area contributed by atoms with Gasteiger partial charge in [-0.3, -0.25) is 9.59 Å². The number of primary amides is 1. The minimum absolute atomic E-state index is 0.0376. The summed E-state index contributed by atoms with van der Waals surface area (Å²) >= 11 is 0. The molecule has 2 amide bonds. The first-order valence-electron chi connectivity index (χ1n) is 16.9. The van der Waals surface area contributed by atoms with Gasteiger partial charge in [0.05, 0.1) is 17.4 Å². The maximum absolute atomic E-state index is 15.5. The zero-order chi connectivity index (χ0) is 38.7. The zero-order valence-corrected chi connectivity index (χ0v) is 31.3. The predicted octanol–water partition coefficient (Wildman–Crippen LogP) is 7.25. The van der Waals surface area contributed by atoms with Gasteiger partial charge < -0.3 is 36.7 Å². The van der Waals surface area contributed by atoms with Crippen LogP contribution in [0.15, 0.2) is 67.0 Å². The Morgan fingerprint density at radius 1 is 1.10 bits per heavy atom. The standard InChI is InChI=1S/C39H50FN5O4.CH4O/c1-10-25(23(2)3)18-30-29(24(4)16-33(36(42)46)44-34-15-14-28(21-43-34)49-22-39(8,9)48)12-11-13-32(30)45-37(47)35-26(20-41)17-27(19-31(35)40)38(5,6)7;1-2/h11-17,19-21,23,25,41,48H,4,10,18,22H2,1-3,5-9H3,(H2,42,46)(H,43,44)(H,45,47);2H,1H3/b33-16+,41-20?;. The number of anilines is 2. The SMILES string of the molecule is C=C(/C=C(/Nc1ccc(OCC(C)(C)O)cn1)C(N)=O)c1cccc(NC(=O)c2c(F)cc(C(C)(C)C)cc2C=N)c1CC(CC)C(C)C.CO. The summed E-state index contributed by atoms with van der Waals surface area (Å²) in [5, 5.41) is 30.7. The van der Waals surface area contributed by atoms with Crippen LogP contribution in [0.5, 0.6) is 5.75 Å². The molecule has 0 saturated carbocycles. The molecule has 0 aliphatic rings. The fourth-order valence-corrected chi connectivity index (χ4v) is 5.30. The van der Waals surface area contributed by atoms with Gasteiger partial charge in [0.25, 0.3) is 11.8 Å². The van der Waals surface area contributed by atoms with Crippen molar-refractivity contribution >= 4 is 35.1 Å². The summed E-state index contributed by atoms with van der Waals surface area (Å²) in [6.45, 7) is 19.8. The van der Waals surface area contributed by atoms with Crippen LogP contribution in [0, 0.1) is 23.1 Å². The summed E-state index contributed by atoms with van der Waals surface area (Å²) in [6.07, 6.45) is 5.43. The van der Waals surface area contributed by atoms with Crippen molar-refractivity contribution in [2.24, 2.45) is 17.6 Å². The van der Waals surface area contributed by atoms with Crippen LogP contribution in [-0.4, -0.2) is 52.5 Å². The lowest BCUT2D eigenvalue weighted by Crippen LogP contribution is -2.27. The van der Waals surface area contributed by atoms with Gasteiger partial charge in [-0.25, -0.2) is 9.37 Å². The van der Waals surface area contributed by atoms with Crippen molar-refractivity contribution in [2.75, 3.05) is 24.4 Å². The molecule has 276 valence electrons. The molecule has 0 aliphatic heterocycles. The second-order valence-electron chi connectivity index (χ2n) is 14.3. The Morgan fingerprint density at radius 3 is 2.27 bits per heavy atom. The molecule has 0 spiro atoms. The van der Waals surface area contributed by atoms with Gasteiger partial charge >= 0.3 is 0 Å². The number of halogens is 1. The van der Waals surface area contributed by atoms with Crippen LogP contribution in [0.1, 0.15) is 94.4 Å². The summed E-state index contributed by atoms with van der Waals surface area (Å²) < 4.78 is 21.1. The molecule has 0 saturated heterocycles. The number of nitrogens with two attached hydrogens (primary N) is 1. The number of hydrogen-bond acceptors (Lipinski definition) is 8. The first-order chi connectivity index (χ1) is 23.8. The molecular formula is C40H54FN5O5. The molecule has 51 heavy (non-hydrogen) atoms. The fraction of sp³-hybridized carbons (Fsp3) is 0.400. The van der Waals surface area contributed by atoms with Crippen molar-refractivity contribution in [1.29, 1.82) is 5.41 Å². The molecule has 3 rings (SSSR count). The lowest BCUT2D eigenvalue weighted by atomic mass is 9.83. The molecule has 1 atom stereocenters. The van der Waals surface area contributed by atoms with Crippen molar-refractivity contribution in [3.63, 3.8) is 0 Å². The minimum atomic E-state index is -1.01. The number of allylic oxidation sites excluding steroid dienone is 2. The van der Waals surface area contributed by atoms with Crippen molar-refractivity contribution in [3.8, 4) is 5.75 Å². The third-order valence-electron chi connectivity index (χ3n) is 8.25. The average molecular weight is 704 g/mol. The highest BCUT2D eigenvalue weighted by Crippen LogP contribution is 2.33. The van der Waals surface area contributed by atoms with E-state index in [0.717, 1.165) is 25.3 Å². The lowest BCUT2D eigenvalue weighted by molar-refractivity contribution is -0.114. The predicted molar refractivity (Wildman–Crippen MR) is 204 cm³/mol. The summed E-state index contributed by atoms with van der Waals surface area (Å²) in [5.41, 5.74) is 7.44. The smallest absolute Gasteiger partial charge is 0.265 e. The van der Waals surface area contributed by atoms with Crippen LogP contribution >= 0.6 is 0 Å². The number of ether oxygens (including phenoxy) is 1. The number of rotatable bonds is 15. The highest BCUT2D eigenvalue weighted by atomic mass is 19.1. The van der Waals surface area contributed by atoms with E-state index in [-0.39, 0.29) is 34.8 Å². The molecule has 7 N–H and O–H groups in total. The lowest BCUT2D eigenvalue weighted by Gasteiger charge is -2.24. The molecule has 1 unspecified atom stereocenters. The molecular weight excluding hydrogens is 649 g/mol. The number of aliphatic hydroxyl groups is 2. The van der Waals surface area contributed by atoms with Crippen LogP contribution in [0.4, 0.5) is 15.9 Å². The molecule has 0 aliphatic carbocycles. The van der Waals surface area contributed by atoms with E-state index in [0.29, 0.717) is 46.3 Å². The summed E-state index contributed by atoms with van der Waals surface area (Å²) in [7, 11) is 1.00. The molecule has 0 radical (unpaired) electrons. The summed E-state index contributed by atoms with van der Waals surface area (Å²) in [6, 6.07) is 11.6. The molecule has 10 nitrogen and oxygen atoms in total. The fourth-order valence-electron chi connectivity index (χ4n) is 5.30. The van der Waals surface area contributed by atoms with Gasteiger partial charge in [-0.05, 0) is 96.2 Å². The third-order valence-corrected chi connectivity index (χ3v) is 8.25. The third kappa shape index (κ3) is 12.1. The van der Waals surface area contributed by atoms with E-state index in [9.17, 15) is 14.7 Å². The molecule has 2 aromatic carbocycles. The molecule has 0 fully saturated rings. The van der Waals surface area contributed by atoms with Crippen LogP contribution in [0.3, 0.4) is 0 Å². The molecule has 1 heterocycles. The maximum atomic E-state index is 15.5. The van der Waals surface area contributed by atoms with Gasteiger partial charge in [0.15, 0.2) is 0 Å². The van der Waals surface area contributed by atoms with Crippen LogP contribution < -0.4 is 21.1 Å². The van der Waals surface area contributed by atoms with E-state index in [1.807, 2.05) is 26.8 Å². The van der Waals surface area contributed by atoms with E-state index >= 15 is 4.39 Å². The van der Waals surface area contributed by atoms with Gasteiger partial charge in [-0.1, -0.05) is 66.7 Å². The topological polar surface area (TPSA) is 171 Å². The first-order valence-corrected chi connectivity index (χ1v) is 16.9. The molecule has 11 heteroatoms. The Balaban J connectivity index is 0.00000442. The average Bonchev–Trinajstić information content (AvgIpc) is 3.06. The van der Waals surface area contributed by atoms with E-state index in [1.165, 1.54) is 18.3 Å². The van der Waals surface area contributed by atoms with Gasteiger partial charge in [-0.15, -0.1) is 0 Å². The number of pyridine rings is 1. The number of aromatic nitrogens is 1. The highest BCUT2D eigenvalue weighted by Gasteiger charge is 2.25. The van der Waals surface area contributed by atoms with Crippen LogP contribution in [0.25, 0.3) is 5.57 Å². The Bertz CT molecular complexity index is 1720. The van der Waals surface area contributed by atoms with E-state index in [1.54, 1.807) is 44.2 Å². The van der Waals surface area contributed by atoms with E-state index < -0.39 is 23.2 Å². The Hall–Kier alpha value is -4.87. The Morgan fingerprint density at radius 2 is 1.76 bits per heavy atom. The summed E-state index contributed by atoms with van der Waals surface area (Å²) in [4.78, 5) is 30.5. The number of nitrogens with zero attached hydrogens (tertiary/aromatic N) is 1. The molecule has 1 aromatic heterocycles. The highest BCUT2D eigenvalue weighted by molar-refractivity contribution is 6.10. The monoisotopic (exact) mass is 703 g/mol. The number of hydrogen-bond donors (Lipinski definition) is 6. The number of carbonyl (C=O) groups excluding carboxylic acids is 2. The normalized spacial score (nSPS) is 12.4. The number of benzene rings is 2. The van der Waals surface area contributed by atoms with Crippen LogP contribution in [-0.2, 0) is 16.6 Å². The zero-order valence-electron chi connectivity index (χ0n) is 31.3. The van der Waals surface area contributed by atoms with Gasteiger partial charge in [0.2, 0.25) is 0 Å². The van der Waals surface area contributed by atoms with Crippen molar-refractivity contribution in [1.82, 2.24) is 4.98 Å². The number of nitrogens with one attached hydrogen (secondary N) is 3. The van der Waals surface area contributed by atoms with Gasteiger partial charge in [0.1, 0.15) is 29.7 Å². The van der Waals surface area contributed by atoms with Crippen LogP contribution in [0.2, 0.25) is 0 Å². The van der Waals surface area contributed by atoms with E-state index in [2.05, 4.69) is 43.0 Å². The van der Waals surface area contributed by atoms with Crippen molar-refractivity contribution in [3.05, 3.63) is 101 Å². The second kappa shape index (κ2) is 18.4. The number of amides is 2. The summed E-state index contributed by atoms with van der Waals surface area (Å²) in [5.74, 6) is -0.775. The van der Waals surface area contributed by atoms with Crippen molar-refractivity contribution < 1.29 is 28.9 Å². The molecule has 0 bridgehead atoms. The maximum Gasteiger partial charge on any atom is 0.265 e. The minimum Gasteiger partial charge on any atom is -0.489 e. The van der Waals surface area contributed by atoms with E-state index in [4.69, 9.17) is 21.0 Å². The van der Waals surface area contributed by atoms with Gasteiger partial charge in [-0.2, -0.15) is 0 Å². The van der Waals surface area contributed by atoms with Gasteiger partial charge in [0, 0.05) is 24.6 Å². The number of aliphatic hydroxyl groups excluding tert-OH is 1. The molecule has 3 aromatic rings. The Kier molecular flexibility index (Phi) is 15.3. The Labute approximate surface area is 301 Å². The van der Waals surface area contributed by atoms with Crippen molar-refractivity contribution in [2.45, 2.75) is 79.2 Å². The second-order valence-corrected chi connectivity index (χ2v) is 14.3. The quantitative estimate of drug-likeness (QED) is 0.0550. The first kappa shape index (κ1) is 42.3. The number of carbonyl (C=O) groups is 2. The largest absolute Gasteiger partial charge is 0.489 e.